The fourth-order valence-electron chi connectivity index (χ4n) is 1.87. The van der Waals surface area contributed by atoms with E-state index in [1.54, 1.807) is 19.3 Å². The normalized spacial score (nSPS) is 9.55. The largest absolute Gasteiger partial charge is 0.390 e. The summed E-state index contributed by atoms with van der Waals surface area (Å²) in [7, 11) is 1.73. The summed E-state index contributed by atoms with van der Waals surface area (Å²) in [6.07, 6.45) is 1.60. The van der Waals surface area contributed by atoms with Crippen molar-refractivity contribution in [1.82, 2.24) is 9.97 Å². The Morgan fingerprint density at radius 3 is 1.86 bits per heavy atom. The Bertz CT molecular complexity index is 615. The van der Waals surface area contributed by atoms with Crippen LogP contribution in [0.15, 0.2) is 72.9 Å². The van der Waals surface area contributed by atoms with Crippen LogP contribution < -0.4 is 5.32 Å². The Morgan fingerprint density at radius 1 is 0.864 bits per heavy atom. The summed E-state index contributed by atoms with van der Waals surface area (Å²) >= 11 is 0. The van der Waals surface area contributed by atoms with Crippen molar-refractivity contribution in [3.8, 4) is 11.1 Å². The van der Waals surface area contributed by atoms with Crippen molar-refractivity contribution in [1.29, 1.82) is 0 Å². The minimum absolute atomic E-state index is 0.0444. The summed E-state index contributed by atoms with van der Waals surface area (Å²) in [6, 6.07) is 22.4. The number of aliphatic hydroxyl groups excluding tert-OH is 1. The van der Waals surface area contributed by atoms with Gasteiger partial charge in [-0.3, -0.25) is 0 Å². The molecule has 4 heteroatoms. The smallest absolute Gasteiger partial charge is 0.222 e. The van der Waals surface area contributed by atoms with Crippen LogP contribution in [0.25, 0.3) is 11.1 Å². The maximum Gasteiger partial charge on any atom is 0.222 e. The van der Waals surface area contributed by atoms with Crippen LogP contribution in [0.2, 0.25) is 0 Å². The minimum Gasteiger partial charge on any atom is -0.390 e. The van der Waals surface area contributed by atoms with Crippen LogP contribution in [0.5, 0.6) is 0 Å². The second-order valence-electron chi connectivity index (χ2n) is 4.51. The summed E-state index contributed by atoms with van der Waals surface area (Å²) < 4.78 is 0. The molecule has 1 aromatic heterocycles. The molecule has 0 spiro atoms. The summed E-state index contributed by atoms with van der Waals surface area (Å²) in [5.74, 6) is 0.534. The van der Waals surface area contributed by atoms with E-state index < -0.39 is 0 Å². The fourth-order valence-corrected chi connectivity index (χ4v) is 1.87. The van der Waals surface area contributed by atoms with Crippen LogP contribution in [0.3, 0.4) is 0 Å². The highest BCUT2D eigenvalue weighted by Gasteiger charge is 1.93. The lowest BCUT2D eigenvalue weighted by Gasteiger charge is -1.98. The minimum atomic E-state index is -0.0444. The van der Waals surface area contributed by atoms with Gasteiger partial charge in [-0.15, -0.1) is 0 Å². The van der Waals surface area contributed by atoms with E-state index in [1.165, 1.54) is 11.1 Å². The van der Waals surface area contributed by atoms with Gasteiger partial charge in [-0.05, 0) is 17.2 Å². The van der Waals surface area contributed by atoms with E-state index in [0.717, 1.165) is 0 Å². The fraction of sp³-hybridized carbons (Fsp3) is 0.111. The van der Waals surface area contributed by atoms with Gasteiger partial charge in [0.1, 0.15) is 0 Å². The van der Waals surface area contributed by atoms with Crippen molar-refractivity contribution in [2.75, 3.05) is 12.4 Å². The lowest BCUT2D eigenvalue weighted by Crippen LogP contribution is -1.98. The highest BCUT2D eigenvalue weighted by Crippen LogP contribution is 2.17. The van der Waals surface area contributed by atoms with Crippen molar-refractivity contribution in [2.45, 2.75) is 6.61 Å². The lowest BCUT2D eigenvalue weighted by molar-refractivity contribution is 0.277. The molecule has 0 saturated carbocycles. The van der Waals surface area contributed by atoms with Crippen molar-refractivity contribution < 1.29 is 5.11 Å². The topological polar surface area (TPSA) is 58.0 Å². The monoisotopic (exact) mass is 293 g/mol. The van der Waals surface area contributed by atoms with Gasteiger partial charge in [0.25, 0.3) is 0 Å². The molecule has 2 N–H and O–H groups in total. The van der Waals surface area contributed by atoms with Gasteiger partial charge in [0.2, 0.25) is 5.95 Å². The first-order valence-corrected chi connectivity index (χ1v) is 7.04. The van der Waals surface area contributed by atoms with E-state index in [1.807, 2.05) is 12.1 Å². The third-order valence-corrected chi connectivity index (χ3v) is 2.98. The zero-order valence-corrected chi connectivity index (χ0v) is 12.5. The van der Waals surface area contributed by atoms with E-state index in [2.05, 4.69) is 63.8 Å². The van der Waals surface area contributed by atoms with Crippen LogP contribution >= 0.6 is 0 Å². The number of anilines is 1. The molecule has 3 rings (SSSR count). The number of nitrogens with zero attached hydrogens (tertiary/aromatic N) is 2. The van der Waals surface area contributed by atoms with Crippen LogP contribution in [-0.2, 0) is 6.61 Å². The molecule has 0 aliphatic rings. The average Bonchev–Trinajstić information content (AvgIpc) is 2.64. The molecule has 0 radical (unpaired) electrons. The second-order valence-corrected chi connectivity index (χ2v) is 4.51. The third-order valence-electron chi connectivity index (χ3n) is 2.98. The maximum atomic E-state index is 8.64. The molecule has 0 fully saturated rings. The molecular weight excluding hydrogens is 274 g/mol. The van der Waals surface area contributed by atoms with Crippen LogP contribution in [0, 0.1) is 0 Å². The number of nitrogens with one attached hydrogen (secondary N) is 1. The van der Waals surface area contributed by atoms with Gasteiger partial charge in [-0.2, -0.15) is 0 Å². The maximum absolute atomic E-state index is 8.64. The summed E-state index contributed by atoms with van der Waals surface area (Å²) in [6.45, 7) is -0.0444. The molecule has 3 aromatic rings. The first-order valence-electron chi connectivity index (χ1n) is 7.04. The van der Waals surface area contributed by atoms with Gasteiger partial charge in [0, 0.05) is 13.2 Å². The molecule has 112 valence electrons. The molecule has 1 heterocycles. The molecule has 0 saturated heterocycles. The summed E-state index contributed by atoms with van der Waals surface area (Å²) in [5.41, 5.74) is 3.18. The Kier molecular flexibility index (Phi) is 6.08. The number of aliphatic hydroxyl groups is 1. The number of aromatic nitrogens is 2. The molecule has 0 atom stereocenters. The molecule has 2 aromatic carbocycles. The van der Waals surface area contributed by atoms with Crippen LogP contribution in [0.4, 0.5) is 5.95 Å². The summed E-state index contributed by atoms with van der Waals surface area (Å²) in [4.78, 5) is 7.81. The van der Waals surface area contributed by atoms with Gasteiger partial charge < -0.3 is 10.4 Å². The molecule has 0 amide bonds. The van der Waals surface area contributed by atoms with Gasteiger partial charge in [-0.25, -0.2) is 9.97 Å². The SMILES string of the molecule is CNc1nccc(CO)n1.c1ccc(-c2ccccc2)cc1. The third kappa shape index (κ3) is 4.68. The Hall–Kier alpha value is -2.72. The second kappa shape index (κ2) is 8.54. The predicted molar refractivity (Wildman–Crippen MR) is 89.4 cm³/mol. The Balaban J connectivity index is 0.000000164. The van der Waals surface area contributed by atoms with Gasteiger partial charge >= 0.3 is 0 Å². The average molecular weight is 293 g/mol. The molecule has 0 aliphatic carbocycles. The van der Waals surface area contributed by atoms with Crippen molar-refractivity contribution in [3.63, 3.8) is 0 Å². The lowest BCUT2D eigenvalue weighted by atomic mass is 10.1. The molecule has 0 unspecified atom stereocenters. The first kappa shape index (κ1) is 15.7. The quantitative estimate of drug-likeness (QED) is 0.777. The zero-order chi connectivity index (χ0) is 15.6. The van der Waals surface area contributed by atoms with Gasteiger partial charge in [-0.1, -0.05) is 60.7 Å². The highest BCUT2D eigenvalue weighted by atomic mass is 16.3. The van der Waals surface area contributed by atoms with E-state index in [9.17, 15) is 0 Å². The highest BCUT2D eigenvalue weighted by molar-refractivity contribution is 5.62. The number of hydrogen-bond acceptors (Lipinski definition) is 4. The zero-order valence-electron chi connectivity index (χ0n) is 12.5. The molecular formula is C18H19N3O. The molecule has 4 nitrogen and oxygen atoms in total. The van der Waals surface area contributed by atoms with E-state index >= 15 is 0 Å². The Labute approximate surface area is 130 Å². The number of benzene rings is 2. The van der Waals surface area contributed by atoms with Crippen molar-refractivity contribution >= 4 is 5.95 Å². The van der Waals surface area contributed by atoms with Crippen molar-refractivity contribution in [3.05, 3.63) is 78.6 Å². The summed E-state index contributed by atoms with van der Waals surface area (Å²) in [5, 5.41) is 11.4. The van der Waals surface area contributed by atoms with E-state index in [4.69, 9.17) is 5.11 Å². The van der Waals surface area contributed by atoms with E-state index in [-0.39, 0.29) is 6.61 Å². The van der Waals surface area contributed by atoms with E-state index in [0.29, 0.717) is 11.6 Å². The standard InChI is InChI=1S/C12H10.C6H9N3O/c1-3-7-11(8-4-1)12-9-5-2-6-10-12;1-7-6-8-3-2-5(4-10)9-6/h1-10H;2-3,10H,4H2,1H3,(H,7,8,9). The first-order chi connectivity index (χ1) is 10.8. The number of rotatable bonds is 3. The molecule has 0 aliphatic heterocycles. The van der Waals surface area contributed by atoms with Crippen LogP contribution in [-0.4, -0.2) is 22.1 Å². The van der Waals surface area contributed by atoms with Gasteiger partial charge in [0.15, 0.2) is 0 Å². The predicted octanol–water partition coefficient (Wildman–Crippen LogP) is 3.36. The van der Waals surface area contributed by atoms with Crippen molar-refractivity contribution in [2.24, 2.45) is 0 Å². The number of hydrogen-bond donors (Lipinski definition) is 2. The van der Waals surface area contributed by atoms with Gasteiger partial charge in [0.05, 0.1) is 12.3 Å². The van der Waals surface area contributed by atoms with Crippen LogP contribution in [0.1, 0.15) is 5.69 Å². The molecule has 0 bridgehead atoms. The Morgan fingerprint density at radius 2 is 1.41 bits per heavy atom. The molecule has 22 heavy (non-hydrogen) atoms.